The Hall–Kier alpha value is -3.68. The molecular weight excluding hydrogens is 351 g/mol. The van der Waals surface area contributed by atoms with Crippen LogP contribution in [0.4, 0.5) is 21.7 Å². The summed E-state index contributed by atoms with van der Waals surface area (Å²) < 4.78 is 23.9. The molecule has 8 heteroatoms. The first kappa shape index (κ1) is 16.8. The number of rotatable bonds is 4. The van der Waals surface area contributed by atoms with Crippen LogP contribution in [-0.4, -0.2) is 29.3 Å². The summed E-state index contributed by atoms with van der Waals surface area (Å²) in [6, 6.07) is 14.0. The number of nitrogens with one attached hydrogen (secondary N) is 2. The molecule has 4 rings (SSSR count). The summed E-state index contributed by atoms with van der Waals surface area (Å²) in [4.78, 5) is 12.1. The third-order valence-electron chi connectivity index (χ3n) is 3.83. The lowest BCUT2D eigenvalue weighted by Crippen LogP contribution is -2.15. The Balaban J connectivity index is 1.41. The molecule has 0 saturated carbocycles. The maximum atomic E-state index is 12.9. The zero-order valence-corrected chi connectivity index (χ0v) is 14.1. The Morgan fingerprint density at radius 2 is 1.59 bits per heavy atom. The fourth-order valence-corrected chi connectivity index (χ4v) is 2.52. The van der Waals surface area contributed by atoms with Crippen LogP contribution in [0.1, 0.15) is 10.4 Å². The number of fused-ring (bicyclic) bond motifs is 1. The Kier molecular flexibility index (Phi) is 4.52. The van der Waals surface area contributed by atoms with Gasteiger partial charge in [-0.1, -0.05) is 0 Å². The second-order valence-electron chi connectivity index (χ2n) is 5.75. The second kappa shape index (κ2) is 7.28. The molecule has 0 fully saturated rings. The summed E-state index contributed by atoms with van der Waals surface area (Å²) in [5.74, 6) is 1.38. The molecule has 0 radical (unpaired) electrons. The van der Waals surface area contributed by atoms with E-state index in [4.69, 9.17) is 9.47 Å². The summed E-state index contributed by atoms with van der Waals surface area (Å²) in [6.45, 7) is 1.05. The second-order valence-corrected chi connectivity index (χ2v) is 5.75. The maximum absolute atomic E-state index is 12.9. The third-order valence-corrected chi connectivity index (χ3v) is 3.83. The van der Waals surface area contributed by atoms with E-state index in [1.54, 1.807) is 12.1 Å². The van der Waals surface area contributed by atoms with Gasteiger partial charge in [0.2, 0.25) is 0 Å². The van der Waals surface area contributed by atoms with Crippen molar-refractivity contribution in [3.8, 4) is 11.5 Å². The minimum absolute atomic E-state index is 0.289. The molecule has 7 nitrogen and oxygen atoms in total. The minimum atomic E-state index is -0.402. The molecule has 0 spiro atoms. The number of halogens is 1. The minimum Gasteiger partial charge on any atom is -0.486 e. The summed E-state index contributed by atoms with van der Waals surface area (Å²) in [6.07, 6.45) is 0. The lowest BCUT2D eigenvalue weighted by atomic mass is 10.2. The van der Waals surface area contributed by atoms with Gasteiger partial charge in [-0.05, 0) is 48.5 Å². The molecule has 1 amide bonds. The number of aromatic nitrogens is 2. The molecule has 3 aromatic rings. The summed E-state index contributed by atoms with van der Waals surface area (Å²) >= 11 is 0. The van der Waals surface area contributed by atoms with Gasteiger partial charge in [-0.2, -0.15) is 0 Å². The fourth-order valence-electron chi connectivity index (χ4n) is 2.52. The van der Waals surface area contributed by atoms with Crippen LogP contribution in [0.3, 0.4) is 0 Å². The van der Waals surface area contributed by atoms with Crippen LogP contribution < -0.4 is 20.1 Å². The SMILES string of the molecule is O=C(Nc1ccc(Nc2ccc3c(c2)OCCO3)nn1)c1ccc(F)cc1. The van der Waals surface area contributed by atoms with Gasteiger partial charge in [0.25, 0.3) is 5.91 Å². The van der Waals surface area contributed by atoms with Gasteiger partial charge in [0, 0.05) is 17.3 Å². The van der Waals surface area contributed by atoms with Gasteiger partial charge >= 0.3 is 0 Å². The number of amides is 1. The number of nitrogens with zero attached hydrogens (tertiary/aromatic N) is 2. The number of ether oxygens (including phenoxy) is 2. The number of benzene rings is 2. The van der Waals surface area contributed by atoms with Crippen LogP contribution in [0.15, 0.2) is 54.6 Å². The number of carbonyl (C=O) groups is 1. The van der Waals surface area contributed by atoms with E-state index in [1.807, 2.05) is 18.2 Å². The predicted molar refractivity (Wildman–Crippen MR) is 97.1 cm³/mol. The van der Waals surface area contributed by atoms with Crippen molar-refractivity contribution < 1.29 is 18.7 Å². The van der Waals surface area contributed by atoms with E-state index in [9.17, 15) is 9.18 Å². The van der Waals surface area contributed by atoms with Crippen LogP contribution in [0.2, 0.25) is 0 Å². The smallest absolute Gasteiger partial charge is 0.256 e. The van der Waals surface area contributed by atoms with Crippen LogP contribution in [0, 0.1) is 5.82 Å². The van der Waals surface area contributed by atoms with Gasteiger partial charge in [0.05, 0.1) is 0 Å². The van der Waals surface area contributed by atoms with Crippen molar-refractivity contribution in [1.82, 2.24) is 10.2 Å². The topological polar surface area (TPSA) is 85.4 Å². The molecule has 0 bridgehead atoms. The van der Waals surface area contributed by atoms with Crippen molar-refractivity contribution in [3.63, 3.8) is 0 Å². The van der Waals surface area contributed by atoms with Gasteiger partial charge in [0.1, 0.15) is 19.0 Å². The molecule has 0 saturated heterocycles. The monoisotopic (exact) mass is 366 g/mol. The Morgan fingerprint density at radius 3 is 2.33 bits per heavy atom. The summed E-state index contributed by atoms with van der Waals surface area (Å²) in [7, 11) is 0. The highest BCUT2D eigenvalue weighted by Crippen LogP contribution is 2.33. The third kappa shape index (κ3) is 3.95. The van der Waals surface area contributed by atoms with Crippen molar-refractivity contribution in [3.05, 3.63) is 66.0 Å². The summed E-state index contributed by atoms with van der Waals surface area (Å²) in [5, 5.41) is 13.7. The lowest BCUT2D eigenvalue weighted by molar-refractivity contribution is 0.102. The van der Waals surface area contributed by atoms with E-state index in [0.717, 1.165) is 5.69 Å². The highest BCUT2D eigenvalue weighted by molar-refractivity contribution is 6.03. The number of hydrogen-bond acceptors (Lipinski definition) is 6. The Labute approximate surface area is 154 Å². The molecule has 2 aromatic carbocycles. The van der Waals surface area contributed by atoms with Crippen molar-refractivity contribution in [1.29, 1.82) is 0 Å². The zero-order valence-electron chi connectivity index (χ0n) is 14.1. The van der Waals surface area contributed by atoms with E-state index >= 15 is 0 Å². The average Bonchev–Trinajstić information content (AvgIpc) is 2.70. The first-order valence-electron chi connectivity index (χ1n) is 8.25. The number of anilines is 3. The molecule has 0 unspecified atom stereocenters. The molecule has 1 aliphatic rings. The largest absolute Gasteiger partial charge is 0.486 e. The van der Waals surface area contributed by atoms with Gasteiger partial charge in [-0.15, -0.1) is 10.2 Å². The molecule has 0 aliphatic carbocycles. The highest BCUT2D eigenvalue weighted by Gasteiger charge is 2.12. The van der Waals surface area contributed by atoms with Gasteiger partial charge < -0.3 is 20.1 Å². The van der Waals surface area contributed by atoms with Gasteiger partial charge in [-0.25, -0.2) is 4.39 Å². The summed E-state index contributed by atoms with van der Waals surface area (Å²) in [5.41, 5.74) is 1.10. The van der Waals surface area contributed by atoms with Crippen molar-refractivity contribution in [2.45, 2.75) is 0 Å². The van der Waals surface area contributed by atoms with Crippen LogP contribution in [0.25, 0.3) is 0 Å². The number of carbonyl (C=O) groups excluding carboxylic acids is 1. The van der Waals surface area contributed by atoms with Crippen molar-refractivity contribution >= 4 is 23.2 Å². The molecule has 1 aromatic heterocycles. The van der Waals surface area contributed by atoms with Gasteiger partial charge in [0.15, 0.2) is 23.1 Å². The van der Waals surface area contributed by atoms with E-state index in [0.29, 0.717) is 36.1 Å². The Bertz CT molecular complexity index is 962. The molecule has 0 atom stereocenters. The van der Waals surface area contributed by atoms with Gasteiger partial charge in [-0.3, -0.25) is 4.79 Å². The molecule has 136 valence electrons. The molecule has 2 heterocycles. The van der Waals surface area contributed by atoms with Crippen LogP contribution in [0.5, 0.6) is 11.5 Å². The van der Waals surface area contributed by atoms with E-state index in [-0.39, 0.29) is 5.82 Å². The zero-order chi connectivity index (χ0) is 18.6. The normalized spacial score (nSPS) is 12.3. The quantitative estimate of drug-likeness (QED) is 0.736. The average molecular weight is 366 g/mol. The number of hydrogen-bond donors (Lipinski definition) is 2. The van der Waals surface area contributed by atoms with Crippen LogP contribution >= 0.6 is 0 Å². The predicted octanol–water partition coefficient (Wildman–Crippen LogP) is 3.38. The fraction of sp³-hybridized carbons (Fsp3) is 0.105. The standard InChI is InChI=1S/C19H15FN4O3/c20-13-3-1-12(2-4-13)19(25)22-18-8-7-17(23-24-18)21-14-5-6-15-16(11-14)27-10-9-26-15/h1-8,11H,9-10H2,(H,21,23)(H,22,24,25). The first-order valence-corrected chi connectivity index (χ1v) is 8.25. The Morgan fingerprint density at radius 1 is 0.889 bits per heavy atom. The lowest BCUT2D eigenvalue weighted by Gasteiger charge is -2.19. The van der Waals surface area contributed by atoms with E-state index < -0.39 is 11.7 Å². The van der Waals surface area contributed by atoms with E-state index in [2.05, 4.69) is 20.8 Å². The van der Waals surface area contributed by atoms with Crippen molar-refractivity contribution in [2.75, 3.05) is 23.8 Å². The van der Waals surface area contributed by atoms with Crippen molar-refractivity contribution in [2.24, 2.45) is 0 Å². The molecule has 2 N–H and O–H groups in total. The maximum Gasteiger partial charge on any atom is 0.256 e. The van der Waals surface area contributed by atoms with Crippen LogP contribution in [-0.2, 0) is 0 Å². The first-order chi connectivity index (χ1) is 13.2. The molecule has 1 aliphatic heterocycles. The van der Waals surface area contributed by atoms with E-state index in [1.165, 1.54) is 24.3 Å². The molecular formula is C19H15FN4O3. The highest BCUT2D eigenvalue weighted by atomic mass is 19.1. The molecule has 27 heavy (non-hydrogen) atoms.